The molecule has 2 aromatic heterocycles. The quantitative estimate of drug-likeness (QED) is 0.422. The molecular weight excluding hydrogens is 336 g/mol. The maximum absolute atomic E-state index is 9.20. The zero-order valence-corrected chi connectivity index (χ0v) is 12.1. The first-order chi connectivity index (χ1) is 10.2. The second-order valence-electron chi connectivity index (χ2n) is 4.10. The van der Waals surface area contributed by atoms with Gasteiger partial charge in [-0.25, -0.2) is 5.84 Å². The molecule has 0 amide bonds. The number of nitriles is 1. The Hall–Kier alpha value is -2.70. The number of aromatic amines is 1. The Labute approximate surface area is 127 Å². The molecule has 9 heteroatoms. The molecule has 0 bridgehead atoms. The van der Waals surface area contributed by atoms with E-state index in [0.29, 0.717) is 28.1 Å². The summed E-state index contributed by atoms with van der Waals surface area (Å²) in [6, 6.07) is 7.46. The molecule has 21 heavy (non-hydrogen) atoms. The van der Waals surface area contributed by atoms with E-state index in [4.69, 9.17) is 5.84 Å². The average Bonchev–Trinajstić information content (AvgIpc) is 2.97. The summed E-state index contributed by atoms with van der Waals surface area (Å²) in [6.07, 6.45) is 1.60. The molecule has 5 N–H and O–H groups in total. The number of hydrogen-bond acceptors (Lipinski definition) is 7. The molecule has 0 atom stereocenters. The smallest absolute Gasteiger partial charge is 0.241 e. The van der Waals surface area contributed by atoms with Gasteiger partial charge in [0.25, 0.3) is 0 Å². The Kier molecular flexibility index (Phi) is 3.39. The fourth-order valence-corrected chi connectivity index (χ4v) is 2.20. The molecule has 104 valence electrons. The first-order valence-electron chi connectivity index (χ1n) is 5.85. The van der Waals surface area contributed by atoms with E-state index in [9.17, 15) is 5.26 Å². The predicted molar refractivity (Wildman–Crippen MR) is 81.6 cm³/mol. The van der Waals surface area contributed by atoms with E-state index < -0.39 is 0 Å². The topological polar surface area (TPSA) is 128 Å². The van der Waals surface area contributed by atoms with Crippen molar-refractivity contribution in [3.05, 3.63) is 34.4 Å². The lowest BCUT2D eigenvalue weighted by atomic mass is 10.2. The van der Waals surface area contributed by atoms with Gasteiger partial charge < -0.3 is 5.32 Å². The Morgan fingerprint density at radius 2 is 2.19 bits per heavy atom. The third-order valence-corrected chi connectivity index (χ3v) is 3.29. The van der Waals surface area contributed by atoms with Crippen molar-refractivity contribution in [1.29, 1.82) is 5.26 Å². The largest absolute Gasteiger partial charge is 0.338 e. The number of hydrazine groups is 1. The highest BCUT2D eigenvalue weighted by Crippen LogP contribution is 2.27. The SMILES string of the molecule is N#Cc1cc(Br)ccc1Nc1nc(NN)nc2[nH]ncc12. The van der Waals surface area contributed by atoms with E-state index in [1.807, 2.05) is 6.07 Å². The van der Waals surface area contributed by atoms with E-state index in [2.05, 4.69) is 52.9 Å². The van der Waals surface area contributed by atoms with Crippen molar-refractivity contribution in [2.75, 3.05) is 10.7 Å². The summed E-state index contributed by atoms with van der Waals surface area (Å²) in [5, 5.41) is 19.7. The number of benzene rings is 1. The van der Waals surface area contributed by atoms with Crippen molar-refractivity contribution in [2.24, 2.45) is 5.84 Å². The highest BCUT2D eigenvalue weighted by Gasteiger charge is 2.11. The van der Waals surface area contributed by atoms with Gasteiger partial charge in [-0.15, -0.1) is 0 Å². The van der Waals surface area contributed by atoms with Crippen LogP contribution in [0, 0.1) is 11.3 Å². The number of nitrogens with one attached hydrogen (secondary N) is 3. The molecule has 0 saturated carbocycles. The molecule has 0 radical (unpaired) electrons. The van der Waals surface area contributed by atoms with E-state index in [1.165, 1.54) is 0 Å². The lowest BCUT2D eigenvalue weighted by Crippen LogP contribution is -2.11. The van der Waals surface area contributed by atoms with E-state index in [-0.39, 0.29) is 5.95 Å². The van der Waals surface area contributed by atoms with Crippen molar-refractivity contribution >= 4 is 44.4 Å². The van der Waals surface area contributed by atoms with E-state index in [0.717, 1.165) is 4.47 Å². The van der Waals surface area contributed by atoms with Gasteiger partial charge in [0.15, 0.2) is 5.65 Å². The molecule has 2 heterocycles. The molecule has 0 unspecified atom stereocenters. The minimum atomic E-state index is 0.241. The van der Waals surface area contributed by atoms with Crippen LogP contribution in [0.25, 0.3) is 11.0 Å². The normalized spacial score (nSPS) is 10.3. The van der Waals surface area contributed by atoms with Gasteiger partial charge in [0.05, 0.1) is 22.8 Å². The summed E-state index contributed by atoms with van der Waals surface area (Å²) in [6.45, 7) is 0. The van der Waals surface area contributed by atoms with Gasteiger partial charge in [0.2, 0.25) is 5.95 Å². The van der Waals surface area contributed by atoms with Crippen molar-refractivity contribution in [2.45, 2.75) is 0 Å². The third-order valence-electron chi connectivity index (χ3n) is 2.79. The van der Waals surface area contributed by atoms with Crippen LogP contribution in [-0.4, -0.2) is 20.2 Å². The molecule has 3 aromatic rings. The maximum Gasteiger partial charge on any atom is 0.241 e. The van der Waals surface area contributed by atoms with Gasteiger partial charge in [0, 0.05) is 4.47 Å². The standard InChI is InChI=1S/C12H9BrN8/c13-7-1-2-9(6(3-7)4-14)17-10-8-5-16-21-11(8)19-12(18-10)20-15/h1-3,5H,15H2,(H3,16,17,18,19,20,21). The number of hydrogen-bond donors (Lipinski definition) is 4. The van der Waals surface area contributed by atoms with Gasteiger partial charge in [-0.2, -0.15) is 20.3 Å². The van der Waals surface area contributed by atoms with Crippen LogP contribution in [0.4, 0.5) is 17.5 Å². The number of nitrogen functional groups attached to an aromatic ring is 1. The Bertz CT molecular complexity index is 850. The number of nitrogens with two attached hydrogens (primary N) is 1. The number of nitrogens with zero attached hydrogens (tertiary/aromatic N) is 4. The van der Waals surface area contributed by atoms with Gasteiger partial charge >= 0.3 is 0 Å². The molecule has 0 aliphatic rings. The fourth-order valence-electron chi connectivity index (χ4n) is 1.84. The minimum Gasteiger partial charge on any atom is -0.338 e. The number of H-pyrrole nitrogens is 1. The Balaban J connectivity index is 2.10. The fraction of sp³-hybridized carbons (Fsp3) is 0. The van der Waals surface area contributed by atoms with E-state index >= 15 is 0 Å². The van der Waals surface area contributed by atoms with Crippen LogP contribution < -0.4 is 16.6 Å². The van der Waals surface area contributed by atoms with Gasteiger partial charge in [-0.1, -0.05) is 15.9 Å². The molecule has 0 spiro atoms. The van der Waals surface area contributed by atoms with Crippen molar-refractivity contribution < 1.29 is 0 Å². The number of anilines is 3. The van der Waals surface area contributed by atoms with Crippen LogP contribution in [0.1, 0.15) is 5.56 Å². The summed E-state index contributed by atoms with van der Waals surface area (Å²) in [7, 11) is 0. The van der Waals surface area contributed by atoms with Crippen LogP contribution in [0.15, 0.2) is 28.9 Å². The molecule has 8 nitrogen and oxygen atoms in total. The lowest BCUT2D eigenvalue weighted by molar-refractivity contribution is 1.08. The summed E-state index contributed by atoms with van der Waals surface area (Å²) >= 11 is 3.33. The average molecular weight is 345 g/mol. The number of halogens is 1. The highest BCUT2D eigenvalue weighted by molar-refractivity contribution is 9.10. The predicted octanol–water partition coefficient (Wildman–Crippen LogP) is 2.02. The van der Waals surface area contributed by atoms with E-state index in [1.54, 1.807) is 18.3 Å². The van der Waals surface area contributed by atoms with Crippen LogP contribution in [0.5, 0.6) is 0 Å². The summed E-state index contributed by atoms with van der Waals surface area (Å²) in [5.41, 5.74) is 4.05. The zero-order chi connectivity index (χ0) is 14.8. The van der Waals surface area contributed by atoms with Gasteiger partial charge in [-0.3, -0.25) is 10.5 Å². The van der Waals surface area contributed by atoms with Crippen molar-refractivity contribution in [1.82, 2.24) is 20.2 Å². The van der Waals surface area contributed by atoms with Crippen molar-refractivity contribution in [3.8, 4) is 6.07 Å². The summed E-state index contributed by atoms with van der Waals surface area (Å²) < 4.78 is 0.824. The second-order valence-corrected chi connectivity index (χ2v) is 5.01. The Morgan fingerprint density at radius 1 is 1.33 bits per heavy atom. The lowest BCUT2D eigenvalue weighted by Gasteiger charge is -2.09. The first-order valence-corrected chi connectivity index (χ1v) is 6.65. The van der Waals surface area contributed by atoms with Gasteiger partial charge in [0.1, 0.15) is 11.9 Å². The van der Waals surface area contributed by atoms with Crippen LogP contribution in [-0.2, 0) is 0 Å². The van der Waals surface area contributed by atoms with Crippen LogP contribution in [0.3, 0.4) is 0 Å². The van der Waals surface area contributed by atoms with Crippen LogP contribution in [0.2, 0.25) is 0 Å². The molecule has 0 saturated heterocycles. The molecule has 0 fully saturated rings. The zero-order valence-electron chi connectivity index (χ0n) is 10.6. The van der Waals surface area contributed by atoms with Gasteiger partial charge in [-0.05, 0) is 18.2 Å². The van der Waals surface area contributed by atoms with Crippen molar-refractivity contribution in [3.63, 3.8) is 0 Å². The maximum atomic E-state index is 9.20. The Morgan fingerprint density at radius 3 is 2.95 bits per heavy atom. The summed E-state index contributed by atoms with van der Waals surface area (Å²) in [4.78, 5) is 8.38. The molecular formula is C12H9BrN8. The molecule has 0 aliphatic heterocycles. The number of aromatic nitrogens is 4. The number of fused-ring (bicyclic) bond motifs is 1. The monoisotopic (exact) mass is 344 g/mol. The summed E-state index contributed by atoms with van der Waals surface area (Å²) in [5.74, 6) is 6.09. The molecule has 1 aromatic carbocycles. The second kappa shape index (κ2) is 5.35. The third kappa shape index (κ3) is 2.49. The highest BCUT2D eigenvalue weighted by atomic mass is 79.9. The molecule has 3 rings (SSSR count). The number of rotatable bonds is 3. The molecule has 0 aliphatic carbocycles. The first kappa shape index (κ1) is 13.3. The van der Waals surface area contributed by atoms with Crippen LogP contribution >= 0.6 is 15.9 Å². The minimum absolute atomic E-state index is 0.241.